The molecule has 1 rings (SSSR count). The minimum absolute atomic E-state index is 0.220. The van der Waals surface area contributed by atoms with Gasteiger partial charge in [0.15, 0.2) is 11.5 Å². The molecule has 0 N–H and O–H groups in total. The number of hydrogen-bond donors (Lipinski definition) is 0. The molecule has 8 heteroatoms. The largest absolute Gasteiger partial charge is 0.493 e. The molecule has 1 atom stereocenters. The second kappa shape index (κ2) is 10.6. The normalized spacial score (nSPS) is 11.4. The van der Waals surface area contributed by atoms with Gasteiger partial charge in [0.25, 0.3) is 0 Å². The Hall–Kier alpha value is -3.16. The van der Waals surface area contributed by atoms with Crippen molar-refractivity contribution in [1.82, 2.24) is 0 Å². The lowest BCUT2D eigenvalue weighted by atomic mass is 10.1. The molecular weight excluding hydrogens is 332 g/mol. The molecule has 0 aliphatic heterocycles. The van der Waals surface area contributed by atoms with Crippen LogP contribution in [0.3, 0.4) is 0 Å². The van der Waals surface area contributed by atoms with Crippen molar-refractivity contribution in [3.8, 4) is 11.5 Å². The summed E-state index contributed by atoms with van der Waals surface area (Å²) in [6, 6.07) is 6.54. The Labute approximate surface area is 144 Å². The highest BCUT2D eigenvalue weighted by Crippen LogP contribution is 2.26. The Morgan fingerprint density at radius 3 is 2.28 bits per heavy atom. The summed E-state index contributed by atoms with van der Waals surface area (Å²) in [5, 5.41) is 0. The number of hydrogen-bond acceptors (Lipinski definition) is 8. The predicted molar refractivity (Wildman–Crippen MR) is 84.9 cm³/mol. The maximum atomic E-state index is 11.9. The van der Waals surface area contributed by atoms with Gasteiger partial charge in [0.05, 0.1) is 26.6 Å². The molecule has 0 radical (unpaired) electrons. The fourth-order valence-electron chi connectivity index (χ4n) is 1.67. The third-order valence-corrected chi connectivity index (χ3v) is 2.91. The van der Waals surface area contributed by atoms with Crippen LogP contribution in [0.4, 0.5) is 0 Å². The van der Waals surface area contributed by atoms with Crippen LogP contribution in [0.25, 0.3) is 0 Å². The van der Waals surface area contributed by atoms with Crippen LogP contribution in [0.2, 0.25) is 0 Å². The Balaban J connectivity index is 2.51. The smallest absolute Gasteiger partial charge is 0.331 e. The molecule has 1 unspecified atom stereocenters. The highest BCUT2D eigenvalue weighted by Gasteiger charge is 2.18. The zero-order chi connectivity index (χ0) is 18.7. The van der Waals surface area contributed by atoms with E-state index in [1.165, 1.54) is 7.11 Å². The topological polar surface area (TPSA) is 105 Å². The second-order valence-electron chi connectivity index (χ2n) is 4.71. The zero-order valence-corrected chi connectivity index (χ0v) is 13.8. The summed E-state index contributed by atoms with van der Waals surface area (Å²) in [5.41, 5.74) is 0. The van der Waals surface area contributed by atoms with Gasteiger partial charge >= 0.3 is 17.9 Å². The first-order chi connectivity index (χ1) is 12.0. The van der Waals surface area contributed by atoms with Gasteiger partial charge < -0.3 is 23.7 Å². The van der Waals surface area contributed by atoms with Crippen LogP contribution in [-0.2, 0) is 28.7 Å². The van der Waals surface area contributed by atoms with Gasteiger partial charge in [-0.25, -0.2) is 9.59 Å². The molecule has 0 saturated carbocycles. The maximum absolute atomic E-state index is 11.9. The van der Waals surface area contributed by atoms with Crippen molar-refractivity contribution in [2.45, 2.75) is 6.42 Å². The summed E-state index contributed by atoms with van der Waals surface area (Å²) in [6.07, 6.45) is 1.95. The number of benzene rings is 1. The van der Waals surface area contributed by atoms with E-state index in [0.717, 1.165) is 19.3 Å². The first kappa shape index (κ1) is 19.9. The summed E-state index contributed by atoms with van der Waals surface area (Å²) >= 11 is 0. The fraction of sp³-hybridized carbons (Fsp3) is 0.294. The zero-order valence-electron chi connectivity index (χ0n) is 13.8. The lowest BCUT2D eigenvalue weighted by Crippen LogP contribution is -2.21. The third-order valence-electron chi connectivity index (χ3n) is 2.91. The van der Waals surface area contributed by atoms with Crippen LogP contribution in [0.1, 0.15) is 6.42 Å². The first-order valence-electron chi connectivity index (χ1n) is 7.22. The summed E-state index contributed by atoms with van der Waals surface area (Å²) in [7, 11) is 2.59. The van der Waals surface area contributed by atoms with Gasteiger partial charge in [-0.1, -0.05) is 12.1 Å². The number of methoxy groups -OCH3 is 2. The number of carbonyl (C=O) groups is 4. The Kier molecular flexibility index (Phi) is 8.42. The van der Waals surface area contributed by atoms with Gasteiger partial charge in [-0.2, -0.15) is 0 Å². The molecule has 0 amide bonds. The molecule has 8 nitrogen and oxygen atoms in total. The number of aldehydes is 1. The number of esters is 3. The van der Waals surface area contributed by atoms with Crippen molar-refractivity contribution in [1.29, 1.82) is 0 Å². The molecule has 0 aliphatic rings. The SMILES string of the molecule is COC(=O)C=CC(=O)OCC(C=O)CC(=O)Oc1ccccc1OC. The van der Waals surface area contributed by atoms with Gasteiger partial charge in [-0.15, -0.1) is 0 Å². The quantitative estimate of drug-likeness (QED) is 0.282. The van der Waals surface area contributed by atoms with E-state index in [0.29, 0.717) is 12.0 Å². The van der Waals surface area contributed by atoms with Crippen molar-refractivity contribution in [2.75, 3.05) is 20.8 Å². The summed E-state index contributed by atoms with van der Waals surface area (Å²) in [6.45, 7) is -0.325. The van der Waals surface area contributed by atoms with Gasteiger partial charge in [0.1, 0.15) is 12.9 Å². The molecule has 0 spiro atoms. The minimum Gasteiger partial charge on any atom is -0.493 e. The Bertz CT molecular complexity index is 650. The Morgan fingerprint density at radius 1 is 1.04 bits per heavy atom. The van der Waals surface area contributed by atoms with E-state index >= 15 is 0 Å². The Morgan fingerprint density at radius 2 is 1.68 bits per heavy atom. The van der Waals surface area contributed by atoms with Crippen molar-refractivity contribution < 1.29 is 38.1 Å². The summed E-state index contributed by atoms with van der Waals surface area (Å²) in [4.78, 5) is 45.1. The summed E-state index contributed by atoms with van der Waals surface area (Å²) in [5.74, 6) is -2.52. The number of carbonyl (C=O) groups excluding carboxylic acids is 4. The van der Waals surface area contributed by atoms with E-state index in [2.05, 4.69) is 4.74 Å². The lowest BCUT2D eigenvalue weighted by molar-refractivity contribution is -0.144. The fourth-order valence-corrected chi connectivity index (χ4v) is 1.67. The van der Waals surface area contributed by atoms with Crippen molar-refractivity contribution in [2.24, 2.45) is 5.92 Å². The molecular formula is C17H18O8. The predicted octanol–water partition coefficient (Wildman–Crippen LogP) is 1.08. The van der Waals surface area contributed by atoms with Crippen LogP contribution in [0.5, 0.6) is 11.5 Å². The van der Waals surface area contributed by atoms with Crippen LogP contribution < -0.4 is 9.47 Å². The number of para-hydroxylation sites is 2. The number of rotatable bonds is 9. The molecule has 0 aliphatic carbocycles. The van der Waals surface area contributed by atoms with Gasteiger partial charge in [-0.05, 0) is 12.1 Å². The second-order valence-corrected chi connectivity index (χ2v) is 4.71. The van der Waals surface area contributed by atoms with Crippen molar-refractivity contribution in [3.63, 3.8) is 0 Å². The summed E-state index contributed by atoms with van der Waals surface area (Å²) < 4.78 is 19.3. The maximum Gasteiger partial charge on any atom is 0.331 e. The standard InChI is InChI=1S/C17H18O8/c1-22-13-5-3-4-6-14(13)25-17(21)9-12(10-18)11-24-16(20)8-7-15(19)23-2/h3-8,10,12H,9,11H2,1-2H3. The molecule has 1 aromatic carbocycles. The van der Waals surface area contributed by atoms with Crippen LogP contribution in [-0.4, -0.2) is 45.0 Å². The highest BCUT2D eigenvalue weighted by atomic mass is 16.6. The van der Waals surface area contributed by atoms with Gasteiger partial charge in [0.2, 0.25) is 0 Å². The molecule has 0 fully saturated rings. The van der Waals surface area contributed by atoms with Crippen LogP contribution in [0.15, 0.2) is 36.4 Å². The first-order valence-corrected chi connectivity index (χ1v) is 7.22. The van der Waals surface area contributed by atoms with Crippen LogP contribution >= 0.6 is 0 Å². The average molecular weight is 350 g/mol. The minimum atomic E-state index is -0.877. The van der Waals surface area contributed by atoms with E-state index in [4.69, 9.17) is 14.2 Å². The third kappa shape index (κ3) is 7.30. The van der Waals surface area contributed by atoms with Crippen LogP contribution in [0, 0.1) is 5.92 Å². The monoisotopic (exact) mass is 350 g/mol. The molecule has 25 heavy (non-hydrogen) atoms. The molecule has 134 valence electrons. The van der Waals surface area contributed by atoms with Crippen molar-refractivity contribution in [3.05, 3.63) is 36.4 Å². The van der Waals surface area contributed by atoms with Gasteiger partial charge in [-0.3, -0.25) is 4.79 Å². The molecule has 1 aromatic rings. The van der Waals surface area contributed by atoms with E-state index in [1.807, 2.05) is 0 Å². The molecule has 0 heterocycles. The highest BCUT2D eigenvalue weighted by molar-refractivity contribution is 5.91. The molecule has 0 aromatic heterocycles. The van der Waals surface area contributed by atoms with E-state index < -0.39 is 23.8 Å². The van der Waals surface area contributed by atoms with E-state index in [9.17, 15) is 19.2 Å². The van der Waals surface area contributed by atoms with E-state index in [-0.39, 0.29) is 18.8 Å². The average Bonchev–Trinajstić information content (AvgIpc) is 2.63. The van der Waals surface area contributed by atoms with E-state index in [1.54, 1.807) is 24.3 Å². The molecule has 0 bridgehead atoms. The van der Waals surface area contributed by atoms with Gasteiger partial charge in [0, 0.05) is 12.2 Å². The number of ether oxygens (including phenoxy) is 4. The molecule has 0 saturated heterocycles. The lowest BCUT2D eigenvalue weighted by Gasteiger charge is -2.11. The van der Waals surface area contributed by atoms with Crippen molar-refractivity contribution >= 4 is 24.2 Å².